The first kappa shape index (κ1) is 25.8. The van der Waals surface area contributed by atoms with E-state index < -0.39 is 0 Å². The Labute approximate surface area is 245 Å². The minimum absolute atomic E-state index is 0.103. The van der Waals surface area contributed by atoms with E-state index in [4.69, 9.17) is 0 Å². The molecule has 5 aromatic carbocycles. The third-order valence-electron chi connectivity index (χ3n) is 9.80. The summed E-state index contributed by atoms with van der Waals surface area (Å²) in [6.45, 7) is 2.15. The second-order valence-electron chi connectivity index (χ2n) is 12.2. The number of anilines is 2. The zero-order valence-electron chi connectivity index (χ0n) is 24.4. The van der Waals surface area contributed by atoms with E-state index in [1.165, 1.54) is 106 Å². The molecule has 0 N–H and O–H groups in total. The van der Waals surface area contributed by atoms with E-state index in [2.05, 4.69) is 134 Å². The Kier molecular flexibility index (Phi) is 6.75. The van der Waals surface area contributed by atoms with Gasteiger partial charge in [0.2, 0.25) is 0 Å². The zero-order chi connectivity index (χ0) is 27.8. The largest absolute Gasteiger partial charge is 0.345 e. The summed E-state index contributed by atoms with van der Waals surface area (Å²) < 4.78 is 0. The van der Waals surface area contributed by atoms with Crippen LogP contribution in [0.2, 0.25) is 0 Å². The van der Waals surface area contributed by atoms with E-state index in [-0.39, 0.29) is 5.41 Å². The van der Waals surface area contributed by atoms with E-state index in [1.54, 1.807) is 0 Å². The van der Waals surface area contributed by atoms with Crippen LogP contribution in [0.3, 0.4) is 0 Å². The highest BCUT2D eigenvalue weighted by Gasteiger charge is 2.35. The van der Waals surface area contributed by atoms with Crippen molar-refractivity contribution in [1.29, 1.82) is 0 Å². The van der Waals surface area contributed by atoms with Crippen LogP contribution in [-0.2, 0) is 18.3 Å². The predicted molar refractivity (Wildman–Crippen MR) is 174 cm³/mol. The second kappa shape index (κ2) is 10.7. The van der Waals surface area contributed by atoms with Crippen LogP contribution in [0.25, 0.3) is 22.3 Å². The van der Waals surface area contributed by atoms with Crippen molar-refractivity contribution in [2.24, 2.45) is 0 Å². The number of nitrogens with zero attached hydrogens (tertiary/aromatic N) is 1. The van der Waals surface area contributed by atoms with Gasteiger partial charge < -0.3 is 4.90 Å². The molecule has 7 rings (SSSR count). The molecule has 0 aliphatic heterocycles. The first-order valence-electron chi connectivity index (χ1n) is 15.3. The molecule has 0 aromatic heterocycles. The Morgan fingerprint density at radius 3 is 1.44 bits per heavy atom. The van der Waals surface area contributed by atoms with Crippen LogP contribution >= 0.6 is 0 Å². The summed E-state index contributed by atoms with van der Waals surface area (Å²) >= 11 is 0. The molecule has 204 valence electrons. The number of benzene rings is 5. The summed E-state index contributed by atoms with van der Waals surface area (Å²) in [5.41, 5.74) is 15.0. The standard InChI is InChI=1S/C40H39N/c1-29-6-8-30(9-7-29)31-12-19-36(20-13-31)40(26-4-3-5-27-40)37-21-14-32(15-22-37)33-16-23-38(24-17-33)41(2)39-25-18-34-10-11-35(34)28-39/h6-9,12-25,28H,3-5,10-11,26-27H2,1-2H3. The second-order valence-corrected chi connectivity index (χ2v) is 12.2. The smallest absolute Gasteiger partial charge is 0.0411 e. The molecule has 5 aromatic rings. The monoisotopic (exact) mass is 533 g/mol. The fraction of sp³-hybridized carbons (Fsp3) is 0.250. The Morgan fingerprint density at radius 2 is 0.951 bits per heavy atom. The molecular formula is C40H39N. The van der Waals surface area contributed by atoms with Crippen LogP contribution in [0.5, 0.6) is 0 Å². The molecule has 2 aliphatic rings. The van der Waals surface area contributed by atoms with Gasteiger partial charge in [0, 0.05) is 23.8 Å². The highest BCUT2D eigenvalue weighted by molar-refractivity contribution is 5.71. The van der Waals surface area contributed by atoms with Crippen molar-refractivity contribution in [2.75, 3.05) is 11.9 Å². The van der Waals surface area contributed by atoms with E-state index in [0.717, 1.165) is 0 Å². The Bertz CT molecular complexity index is 1640. The number of hydrogen-bond donors (Lipinski definition) is 0. The third-order valence-corrected chi connectivity index (χ3v) is 9.80. The molecule has 1 fully saturated rings. The van der Waals surface area contributed by atoms with Crippen LogP contribution in [0.15, 0.2) is 115 Å². The van der Waals surface area contributed by atoms with Crippen molar-refractivity contribution in [2.45, 2.75) is 57.3 Å². The lowest BCUT2D eigenvalue weighted by Crippen LogP contribution is -2.30. The molecule has 0 amide bonds. The van der Waals surface area contributed by atoms with Gasteiger partial charge in [0.05, 0.1) is 0 Å². The quantitative estimate of drug-likeness (QED) is 0.210. The van der Waals surface area contributed by atoms with Crippen molar-refractivity contribution in [3.05, 3.63) is 143 Å². The minimum atomic E-state index is 0.103. The summed E-state index contributed by atoms with van der Waals surface area (Å²) in [6.07, 6.45) is 8.81. The number of fused-ring (bicyclic) bond motifs is 1. The highest BCUT2D eigenvalue weighted by atomic mass is 15.1. The lowest BCUT2D eigenvalue weighted by molar-refractivity contribution is 0.346. The summed E-state index contributed by atoms with van der Waals surface area (Å²) in [4.78, 5) is 2.29. The van der Waals surface area contributed by atoms with Gasteiger partial charge in [0.25, 0.3) is 0 Å². The van der Waals surface area contributed by atoms with E-state index in [9.17, 15) is 0 Å². The number of aryl methyl sites for hydroxylation is 3. The maximum absolute atomic E-state index is 2.40. The fourth-order valence-corrected chi connectivity index (χ4v) is 7.03. The van der Waals surface area contributed by atoms with Gasteiger partial charge >= 0.3 is 0 Å². The minimum Gasteiger partial charge on any atom is -0.345 e. The first-order chi connectivity index (χ1) is 20.1. The normalized spacial score (nSPS) is 15.6. The van der Waals surface area contributed by atoms with Gasteiger partial charge in [0.1, 0.15) is 0 Å². The van der Waals surface area contributed by atoms with Gasteiger partial charge in [-0.3, -0.25) is 0 Å². The molecule has 0 bridgehead atoms. The molecule has 1 saturated carbocycles. The van der Waals surface area contributed by atoms with Gasteiger partial charge in [-0.05, 0) is 101 Å². The molecule has 1 nitrogen and oxygen atoms in total. The van der Waals surface area contributed by atoms with Crippen LogP contribution < -0.4 is 4.90 Å². The van der Waals surface area contributed by atoms with Gasteiger partial charge in [0.15, 0.2) is 0 Å². The number of hydrogen-bond acceptors (Lipinski definition) is 1. The summed E-state index contributed by atoms with van der Waals surface area (Å²) in [5.74, 6) is 0. The van der Waals surface area contributed by atoms with Crippen LogP contribution in [0.1, 0.15) is 59.9 Å². The lowest BCUT2D eigenvalue weighted by Gasteiger charge is -2.39. The van der Waals surface area contributed by atoms with Crippen molar-refractivity contribution in [1.82, 2.24) is 0 Å². The zero-order valence-corrected chi connectivity index (χ0v) is 24.4. The van der Waals surface area contributed by atoms with Gasteiger partial charge in [-0.1, -0.05) is 116 Å². The van der Waals surface area contributed by atoms with Gasteiger partial charge in [-0.2, -0.15) is 0 Å². The molecule has 0 spiro atoms. The van der Waals surface area contributed by atoms with Crippen molar-refractivity contribution >= 4 is 11.4 Å². The Morgan fingerprint density at radius 1 is 0.488 bits per heavy atom. The Balaban J connectivity index is 1.13. The maximum atomic E-state index is 2.40. The summed E-state index contributed by atoms with van der Waals surface area (Å²) in [6, 6.07) is 43.7. The first-order valence-corrected chi connectivity index (χ1v) is 15.3. The Hall–Kier alpha value is -4.10. The van der Waals surface area contributed by atoms with Gasteiger partial charge in [-0.15, -0.1) is 0 Å². The van der Waals surface area contributed by atoms with E-state index in [0.29, 0.717) is 0 Å². The molecule has 0 radical (unpaired) electrons. The SMILES string of the molecule is Cc1ccc(-c2ccc(C3(c4ccc(-c5ccc(N(C)c6ccc7c(c6)CC7)cc5)cc4)CCCCC3)cc2)cc1. The lowest BCUT2D eigenvalue weighted by atomic mass is 9.65. The van der Waals surface area contributed by atoms with Crippen LogP contribution in [-0.4, -0.2) is 7.05 Å². The van der Waals surface area contributed by atoms with E-state index in [1.807, 2.05) is 0 Å². The maximum Gasteiger partial charge on any atom is 0.0411 e. The molecule has 1 heteroatoms. The van der Waals surface area contributed by atoms with Gasteiger partial charge in [-0.25, -0.2) is 0 Å². The van der Waals surface area contributed by atoms with Crippen molar-refractivity contribution in [3.63, 3.8) is 0 Å². The average Bonchev–Trinajstić information content (AvgIpc) is 3.02. The number of rotatable bonds is 6. The van der Waals surface area contributed by atoms with Crippen LogP contribution in [0.4, 0.5) is 11.4 Å². The third kappa shape index (κ3) is 4.88. The molecular weight excluding hydrogens is 494 g/mol. The summed E-state index contributed by atoms with van der Waals surface area (Å²) in [5, 5.41) is 0. The topological polar surface area (TPSA) is 3.24 Å². The molecule has 0 atom stereocenters. The van der Waals surface area contributed by atoms with Crippen molar-refractivity contribution < 1.29 is 0 Å². The average molecular weight is 534 g/mol. The van der Waals surface area contributed by atoms with Crippen molar-refractivity contribution in [3.8, 4) is 22.3 Å². The molecule has 0 unspecified atom stereocenters. The highest BCUT2D eigenvalue weighted by Crippen LogP contribution is 2.45. The van der Waals surface area contributed by atoms with Crippen LogP contribution in [0, 0.1) is 6.92 Å². The predicted octanol–water partition coefficient (Wildman–Crippen LogP) is 10.4. The fourth-order valence-electron chi connectivity index (χ4n) is 7.03. The molecule has 2 aliphatic carbocycles. The summed E-state index contributed by atoms with van der Waals surface area (Å²) in [7, 11) is 2.17. The molecule has 0 heterocycles. The molecule has 41 heavy (non-hydrogen) atoms. The van der Waals surface area contributed by atoms with E-state index >= 15 is 0 Å². The molecule has 0 saturated heterocycles.